The number of methoxy groups -OCH3 is 3. The standard InChI is InChI=1S/C44H53N9O7/c1-24(2)37(50-43(56)59-6)41(54)52-18-8-10-34(52)39-45-22-32(48-39)27-14-12-26(13-15-27)31-21-36(58-5)29-20-28(16-17-30(29)47-31)33-23-46-40(49-33)35-11-9-19-53(35)42(55)38(25(3)4)51-44(57)60-7/h12-17,20-25,34-35,37-38H,8-11,18-19H2,1-7H3,(H,45,48)(H,46,49)(H,50,56)(H,51,57)/t34-,35?,37-,38-/m0/s1. The summed E-state index contributed by atoms with van der Waals surface area (Å²) in [6.07, 6.45) is 5.53. The van der Waals surface area contributed by atoms with Crippen molar-refractivity contribution in [1.82, 2.24) is 45.4 Å². The molecule has 2 aliphatic heterocycles. The van der Waals surface area contributed by atoms with E-state index >= 15 is 0 Å². The molecule has 3 aromatic heterocycles. The molecule has 316 valence electrons. The first-order valence-electron chi connectivity index (χ1n) is 20.4. The van der Waals surface area contributed by atoms with Gasteiger partial charge >= 0.3 is 12.2 Å². The Bertz CT molecular complexity index is 2360. The van der Waals surface area contributed by atoms with Crippen LogP contribution in [0.25, 0.3) is 44.7 Å². The SMILES string of the molecule is COC(=O)N[C@H](C(=O)N1CCCC1c1nc(-c2ccc3nc(-c4ccc(-c5cnc([C@@H]6CCCN6C(=O)[C@@H](NC(=O)OC)C(C)C)[nH]5)cc4)cc(OC)c3c2)c[nH]1)C(C)C. The monoisotopic (exact) mass is 819 g/mol. The van der Waals surface area contributed by atoms with E-state index in [1.165, 1.54) is 14.2 Å². The van der Waals surface area contributed by atoms with Crippen molar-refractivity contribution in [3.8, 4) is 39.5 Å². The van der Waals surface area contributed by atoms with Gasteiger partial charge in [-0.15, -0.1) is 0 Å². The smallest absolute Gasteiger partial charge is 0.407 e. The van der Waals surface area contributed by atoms with Crippen molar-refractivity contribution in [3.05, 3.63) is 72.6 Å². The molecule has 60 heavy (non-hydrogen) atoms. The van der Waals surface area contributed by atoms with E-state index in [9.17, 15) is 19.2 Å². The predicted molar refractivity (Wildman–Crippen MR) is 225 cm³/mol. The van der Waals surface area contributed by atoms with Crippen molar-refractivity contribution in [2.24, 2.45) is 11.8 Å². The molecule has 0 bridgehead atoms. The predicted octanol–water partition coefficient (Wildman–Crippen LogP) is 6.78. The van der Waals surface area contributed by atoms with Gasteiger partial charge in [0.15, 0.2) is 0 Å². The van der Waals surface area contributed by atoms with Gasteiger partial charge in [-0.1, -0.05) is 58.0 Å². The molecule has 5 heterocycles. The molecule has 0 saturated carbocycles. The van der Waals surface area contributed by atoms with Gasteiger partial charge in [0.25, 0.3) is 0 Å². The molecule has 5 aromatic rings. The van der Waals surface area contributed by atoms with Crippen LogP contribution in [-0.2, 0) is 19.1 Å². The number of benzene rings is 2. The van der Waals surface area contributed by atoms with E-state index in [2.05, 4.69) is 25.6 Å². The van der Waals surface area contributed by atoms with Crippen LogP contribution >= 0.6 is 0 Å². The molecule has 2 aromatic carbocycles. The molecule has 1 unspecified atom stereocenters. The van der Waals surface area contributed by atoms with E-state index in [1.54, 1.807) is 23.1 Å². The van der Waals surface area contributed by atoms with E-state index in [-0.39, 0.29) is 35.7 Å². The van der Waals surface area contributed by atoms with Crippen LogP contribution in [0.3, 0.4) is 0 Å². The summed E-state index contributed by atoms with van der Waals surface area (Å²) in [4.78, 5) is 76.2. The van der Waals surface area contributed by atoms with Gasteiger partial charge in [0.1, 0.15) is 29.5 Å². The van der Waals surface area contributed by atoms with Gasteiger partial charge in [-0.3, -0.25) is 9.59 Å². The second-order valence-corrected chi connectivity index (χ2v) is 16.0. The normalized spacial score (nSPS) is 17.6. The molecule has 7 rings (SSSR count). The average Bonchev–Trinajstić information content (AvgIpc) is 4.10. The summed E-state index contributed by atoms with van der Waals surface area (Å²) >= 11 is 0. The van der Waals surface area contributed by atoms with Crippen LogP contribution < -0.4 is 15.4 Å². The number of pyridine rings is 1. The lowest BCUT2D eigenvalue weighted by molar-refractivity contribution is -0.136. The lowest BCUT2D eigenvalue weighted by Gasteiger charge is -2.30. The minimum Gasteiger partial charge on any atom is -0.496 e. The van der Waals surface area contributed by atoms with Crippen LogP contribution in [0.2, 0.25) is 0 Å². The lowest BCUT2D eigenvalue weighted by Crippen LogP contribution is -2.51. The molecular formula is C44H53N9O7. The topological polar surface area (TPSA) is 197 Å². The molecule has 16 heteroatoms. The number of ether oxygens (including phenoxy) is 3. The number of rotatable bonds is 12. The third-order valence-electron chi connectivity index (χ3n) is 11.5. The Morgan fingerprint density at radius 2 is 1.28 bits per heavy atom. The van der Waals surface area contributed by atoms with Crippen LogP contribution in [0, 0.1) is 11.8 Å². The van der Waals surface area contributed by atoms with Gasteiger partial charge in [0.05, 0.1) is 62.2 Å². The van der Waals surface area contributed by atoms with E-state index in [1.807, 2.05) is 82.4 Å². The quantitative estimate of drug-likeness (QED) is 0.104. The zero-order valence-corrected chi connectivity index (χ0v) is 35.1. The van der Waals surface area contributed by atoms with Gasteiger partial charge in [0, 0.05) is 41.9 Å². The van der Waals surface area contributed by atoms with E-state index in [0.717, 1.165) is 70.4 Å². The second-order valence-electron chi connectivity index (χ2n) is 16.0. The number of hydrogen-bond donors (Lipinski definition) is 4. The number of carbonyl (C=O) groups is 4. The van der Waals surface area contributed by atoms with Crippen LogP contribution in [0.4, 0.5) is 9.59 Å². The lowest BCUT2D eigenvalue weighted by atomic mass is 10.0. The zero-order valence-electron chi connectivity index (χ0n) is 35.1. The number of likely N-dealkylation sites (tertiary alicyclic amines) is 2. The molecule has 2 fully saturated rings. The summed E-state index contributed by atoms with van der Waals surface area (Å²) in [5.41, 5.74) is 5.76. The number of hydrogen-bond acceptors (Lipinski definition) is 10. The van der Waals surface area contributed by atoms with Crippen LogP contribution in [-0.4, -0.2) is 105 Å². The third kappa shape index (κ3) is 8.49. The number of amides is 4. The maximum Gasteiger partial charge on any atom is 0.407 e. The number of aromatic amines is 2. The van der Waals surface area contributed by atoms with Gasteiger partial charge < -0.3 is 44.6 Å². The fourth-order valence-electron chi connectivity index (χ4n) is 8.19. The highest BCUT2D eigenvalue weighted by Gasteiger charge is 2.39. The molecule has 2 saturated heterocycles. The fraction of sp³-hybridized carbons (Fsp3) is 0.432. The minimum atomic E-state index is -0.711. The van der Waals surface area contributed by atoms with Gasteiger partial charge in [0.2, 0.25) is 11.8 Å². The van der Waals surface area contributed by atoms with Crippen LogP contribution in [0.15, 0.2) is 60.9 Å². The maximum absolute atomic E-state index is 13.6. The Morgan fingerprint density at radius 3 is 1.85 bits per heavy atom. The largest absolute Gasteiger partial charge is 0.496 e. The zero-order chi connectivity index (χ0) is 42.7. The first-order valence-corrected chi connectivity index (χ1v) is 20.4. The molecule has 4 amide bonds. The third-order valence-corrected chi connectivity index (χ3v) is 11.5. The second kappa shape index (κ2) is 17.8. The van der Waals surface area contributed by atoms with E-state index < -0.39 is 24.3 Å². The van der Waals surface area contributed by atoms with Crippen molar-refractivity contribution in [1.29, 1.82) is 0 Å². The Kier molecular flexibility index (Phi) is 12.4. The van der Waals surface area contributed by atoms with Crippen LogP contribution in [0.1, 0.15) is 77.1 Å². The molecule has 4 atom stereocenters. The number of carbonyl (C=O) groups excluding carboxylic acids is 4. The van der Waals surface area contributed by atoms with Crippen molar-refractivity contribution < 1.29 is 33.4 Å². The van der Waals surface area contributed by atoms with Crippen molar-refractivity contribution >= 4 is 34.9 Å². The molecule has 2 aliphatic rings. The number of nitrogens with one attached hydrogen (secondary N) is 4. The van der Waals surface area contributed by atoms with Gasteiger partial charge in [-0.2, -0.15) is 0 Å². The fourth-order valence-corrected chi connectivity index (χ4v) is 8.19. The molecule has 0 aliphatic carbocycles. The van der Waals surface area contributed by atoms with Crippen molar-refractivity contribution in [2.75, 3.05) is 34.4 Å². The molecule has 0 spiro atoms. The minimum absolute atomic E-state index is 0.119. The van der Waals surface area contributed by atoms with Crippen molar-refractivity contribution in [2.45, 2.75) is 77.5 Å². The molecule has 16 nitrogen and oxygen atoms in total. The number of aromatic nitrogens is 5. The summed E-state index contributed by atoms with van der Waals surface area (Å²) < 4.78 is 15.4. The number of fused-ring (bicyclic) bond motifs is 1. The summed E-state index contributed by atoms with van der Waals surface area (Å²) in [6.45, 7) is 8.72. The van der Waals surface area contributed by atoms with Crippen molar-refractivity contribution in [3.63, 3.8) is 0 Å². The van der Waals surface area contributed by atoms with Gasteiger partial charge in [-0.25, -0.2) is 24.5 Å². The Balaban J connectivity index is 1.06. The first kappa shape index (κ1) is 41.7. The number of alkyl carbamates (subject to hydrolysis) is 2. The summed E-state index contributed by atoms with van der Waals surface area (Å²) in [6, 6.07) is 14.0. The number of H-pyrrole nitrogens is 2. The maximum atomic E-state index is 13.6. The molecule has 0 radical (unpaired) electrons. The Hall–Kier alpha value is -6.45. The summed E-state index contributed by atoms with van der Waals surface area (Å²) in [5.74, 6) is 1.50. The van der Waals surface area contributed by atoms with E-state index in [0.29, 0.717) is 30.5 Å². The average molecular weight is 820 g/mol. The number of nitrogens with zero attached hydrogens (tertiary/aromatic N) is 5. The highest BCUT2D eigenvalue weighted by molar-refractivity contribution is 5.92. The highest BCUT2D eigenvalue weighted by Crippen LogP contribution is 2.37. The first-order chi connectivity index (χ1) is 28.9. The Morgan fingerprint density at radius 1 is 0.717 bits per heavy atom. The number of imidazole rings is 2. The summed E-state index contributed by atoms with van der Waals surface area (Å²) in [5, 5.41) is 6.22. The Labute approximate surface area is 348 Å². The van der Waals surface area contributed by atoms with Crippen LogP contribution in [0.5, 0.6) is 5.75 Å². The molecular weight excluding hydrogens is 767 g/mol. The van der Waals surface area contributed by atoms with Gasteiger partial charge in [-0.05, 0) is 55.2 Å². The summed E-state index contributed by atoms with van der Waals surface area (Å²) in [7, 11) is 4.21. The molecule has 4 N–H and O–H groups in total. The van der Waals surface area contributed by atoms with E-state index in [4.69, 9.17) is 24.2 Å². The highest BCUT2D eigenvalue weighted by atomic mass is 16.5.